The van der Waals surface area contributed by atoms with Gasteiger partial charge in [-0.1, -0.05) is 12.2 Å². The SMILES string of the molecule is CNC(=O)[C@@H]1C[C@H](Oc2cccnc2)CN1C(=O)C1CC=CC1. The first-order valence-corrected chi connectivity index (χ1v) is 7.92. The van der Waals surface area contributed by atoms with E-state index in [1.54, 1.807) is 30.4 Å². The Hall–Kier alpha value is -2.37. The number of likely N-dealkylation sites (tertiary alicyclic amines) is 1. The number of allylic oxidation sites excluding steroid dienone is 2. The molecule has 1 fully saturated rings. The Labute approximate surface area is 135 Å². The van der Waals surface area contributed by atoms with Gasteiger partial charge in [0.05, 0.1) is 12.7 Å². The van der Waals surface area contributed by atoms with Gasteiger partial charge in [0.25, 0.3) is 0 Å². The van der Waals surface area contributed by atoms with Crippen LogP contribution in [0.5, 0.6) is 5.75 Å². The van der Waals surface area contributed by atoms with Crippen LogP contribution in [-0.4, -0.2) is 47.4 Å². The smallest absolute Gasteiger partial charge is 0.242 e. The van der Waals surface area contributed by atoms with Crippen LogP contribution >= 0.6 is 0 Å². The van der Waals surface area contributed by atoms with E-state index in [1.807, 2.05) is 18.2 Å². The van der Waals surface area contributed by atoms with E-state index >= 15 is 0 Å². The Kier molecular flexibility index (Phi) is 4.60. The fraction of sp³-hybridized carbons (Fsp3) is 0.471. The lowest BCUT2D eigenvalue weighted by Gasteiger charge is -2.25. The fourth-order valence-electron chi connectivity index (χ4n) is 3.20. The average Bonchev–Trinajstić information content (AvgIpc) is 3.24. The molecule has 6 nitrogen and oxygen atoms in total. The van der Waals surface area contributed by atoms with Crippen LogP contribution in [0.1, 0.15) is 19.3 Å². The van der Waals surface area contributed by atoms with Crippen molar-refractivity contribution in [1.29, 1.82) is 0 Å². The molecule has 1 aliphatic heterocycles. The summed E-state index contributed by atoms with van der Waals surface area (Å²) in [6, 6.07) is 3.16. The van der Waals surface area contributed by atoms with Gasteiger partial charge in [0.15, 0.2) is 0 Å². The lowest BCUT2D eigenvalue weighted by Crippen LogP contribution is -2.46. The third-order valence-electron chi connectivity index (χ3n) is 4.39. The molecule has 1 saturated heterocycles. The Morgan fingerprint density at radius 1 is 1.35 bits per heavy atom. The van der Waals surface area contributed by atoms with Crippen molar-refractivity contribution in [1.82, 2.24) is 15.2 Å². The molecular formula is C17H21N3O3. The molecule has 0 aromatic carbocycles. The molecule has 1 aromatic rings. The highest BCUT2D eigenvalue weighted by molar-refractivity contribution is 5.89. The van der Waals surface area contributed by atoms with Gasteiger partial charge in [-0.15, -0.1) is 0 Å². The summed E-state index contributed by atoms with van der Waals surface area (Å²) in [6.07, 6.45) is 9.18. The summed E-state index contributed by atoms with van der Waals surface area (Å²) in [5, 5.41) is 2.65. The predicted molar refractivity (Wildman–Crippen MR) is 84.7 cm³/mol. The molecule has 0 bridgehead atoms. The number of carbonyl (C=O) groups excluding carboxylic acids is 2. The van der Waals surface area contributed by atoms with Crippen LogP contribution in [0.3, 0.4) is 0 Å². The molecule has 1 aliphatic carbocycles. The summed E-state index contributed by atoms with van der Waals surface area (Å²) in [6.45, 7) is 0.433. The summed E-state index contributed by atoms with van der Waals surface area (Å²) in [5.74, 6) is 0.520. The molecule has 2 amide bonds. The summed E-state index contributed by atoms with van der Waals surface area (Å²) >= 11 is 0. The minimum Gasteiger partial charge on any atom is -0.487 e. The maximum Gasteiger partial charge on any atom is 0.242 e. The normalized spacial score (nSPS) is 24.0. The van der Waals surface area contributed by atoms with Crippen molar-refractivity contribution < 1.29 is 14.3 Å². The maximum absolute atomic E-state index is 12.7. The highest BCUT2D eigenvalue weighted by Gasteiger charge is 2.42. The van der Waals surface area contributed by atoms with Gasteiger partial charge in [0, 0.05) is 25.6 Å². The number of nitrogens with one attached hydrogen (secondary N) is 1. The van der Waals surface area contributed by atoms with Crippen LogP contribution in [0.25, 0.3) is 0 Å². The van der Waals surface area contributed by atoms with Crippen molar-refractivity contribution in [3.63, 3.8) is 0 Å². The zero-order valence-electron chi connectivity index (χ0n) is 13.1. The van der Waals surface area contributed by atoms with E-state index in [0.717, 1.165) is 12.8 Å². The van der Waals surface area contributed by atoms with Gasteiger partial charge in [-0.25, -0.2) is 0 Å². The third-order valence-corrected chi connectivity index (χ3v) is 4.39. The number of aromatic nitrogens is 1. The van der Waals surface area contributed by atoms with E-state index in [4.69, 9.17) is 4.74 Å². The van der Waals surface area contributed by atoms with Gasteiger partial charge >= 0.3 is 0 Å². The maximum atomic E-state index is 12.7. The first-order chi connectivity index (χ1) is 11.2. The van der Waals surface area contributed by atoms with Gasteiger partial charge < -0.3 is 15.0 Å². The molecule has 1 N–H and O–H groups in total. The average molecular weight is 315 g/mol. The number of carbonyl (C=O) groups is 2. The van der Waals surface area contributed by atoms with Crippen molar-refractivity contribution in [2.45, 2.75) is 31.4 Å². The standard InChI is InChI=1S/C17H21N3O3/c1-18-16(21)15-9-14(23-13-7-4-8-19-10-13)11-20(15)17(22)12-5-2-3-6-12/h2-4,7-8,10,12,14-15H,5-6,9,11H2,1H3,(H,18,21)/t14-,15-/m0/s1. The number of hydrogen-bond acceptors (Lipinski definition) is 4. The van der Waals surface area contributed by atoms with Gasteiger partial charge in [-0.05, 0) is 25.0 Å². The molecule has 2 atom stereocenters. The summed E-state index contributed by atoms with van der Waals surface area (Å²) < 4.78 is 5.89. The monoisotopic (exact) mass is 315 g/mol. The second-order valence-electron chi connectivity index (χ2n) is 5.92. The summed E-state index contributed by atoms with van der Waals surface area (Å²) in [4.78, 5) is 30.6. The van der Waals surface area contributed by atoms with Crippen LogP contribution in [0.15, 0.2) is 36.7 Å². The molecule has 23 heavy (non-hydrogen) atoms. The molecule has 0 radical (unpaired) electrons. The van der Waals surface area contributed by atoms with Crippen LogP contribution < -0.4 is 10.1 Å². The minimum absolute atomic E-state index is 0.0423. The minimum atomic E-state index is -0.463. The third kappa shape index (κ3) is 3.36. The molecular weight excluding hydrogens is 294 g/mol. The molecule has 2 aliphatic rings. The highest BCUT2D eigenvalue weighted by Crippen LogP contribution is 2.28. The Morgan fingerprint density at radius 3 is 2.78 bits per heavy atom. The summed E-state index contributed by atoms with van der Waals surface area (Å²) in [7, 11) is 1.59. The molecule has 1 aromatic heterocycles. The molecule has 3 rings (SSSR count). The number of ether oxygens (including phenoxy) is 1. The fourth-order valence-corrected chi connectivity index (χ4v) is 3.20. The topological polar surface area (TPSA) is 71.5 Å². The number of pyridine rings is 1. The van der Waals surface area contributed by atoms with Gasteiger partial charge in [0.1, 0.15) is 17.9 Å². The van der Waals surface area contributed by atoms with E-state index in [2.05, 4.69) is 10.3 Å². The van der Waals surface area contributed by atoms with E-state index in [9.17, 15) is 9.59 Å². The van der Waals surface area contributed by atoms with Crippen molar-refractivity contribution >= 4 is 11.8 Å². The number of amides is 2. The summed E-state index contributed by atoms with van der Waals surface area (Å²) in [5.41, 5.74) is 0. The van der Waals surface area contributed by atoms with Gasteiger partial charge in [0.2, 0.25) is 11.8 Å². The van der Waals surface area contributed by atoms with E-state index in [-0.39, 0.29) is 23.8 Å². The Bertz CT molecular complexity index is 594. The molecule has 6 heteroatoms. The lowest BCUT2D eigenvalue weighted by atomic mass is 10.1. The quantitative estimate of drug-likeness (QED) is 0.846. The van der Waals surface area contributed by atoms with E-state index in [1.165, 1.54) is 0 Å². The number of nitrogens with zero attached hydrogens (tertiary/aromatic N) is 2. The van der Waals surface area contributed by atoms with Crippen molar-refractivity contribution in [2.75, 3.05) is 13.6 Å². The van der Waals surface area contributed by atoms with Crippen molar-refractivity contribution in [3.8, 4) is 5.75 Å². The van der Waals surface area contributed by atoms with E-state index in [0.29, 0.717) is 18.7 Å². The molecule has 122 valence electrons. The molecule has 0 unspecified atom stereocenters. The first-order valence-electron chi connectivity index (χ1n) is 7.92. The second kappa shape index (κ2) is 6.81. The Balaban J connectivity index is 1.71. The van der Waals surface area contributed by atoms with Crippen LogP contribution in [-0.2, 0) is 9.59 Å². The number of hydrogen-bond donors (Lipinski definition) is 1. The van der Waals surface area contributed by atoms with Crippen molar-refractivity contribution in [3.05, 3.63) is 36.7 Å². The van der Waals surface area contributed by atoms with Crippen LogP contribution in [0.4, 0.5) is 0 Å². The number of rotatable bonds is 4. The first kappa shape index (κ1) is 15.5. The molecule has 0 spiro atoms. The molecule has 2 heterocycles. The number of likely N-dealkylation sites (N-methyl/N-ethyl adjacent to an activating group) is 1. The van der Waals surface area contributed by atoms with Gasteiger partial charge in [-0.2, -0.15) is 0 Å². The Morgan fingerprint density at radius 2 is 2.13 bits per heavy atom. The predicted octanol–water partition coefficient (Wildman–Crippen LogP) is 1.14. The molecule has 0 saturated carbocycles. The van der Waals surface area contributed by atoms with Crippen molar-refractivity contribution in [2.24, 2.45) is 5.92 Å². The van der Waals surface area contributed by atoms with E-state index < -0.39 is 6.04 Å². The lowest BCUT2D eigenvalue weighted by molar-refractivity contribution is -0.141. The highest BCUT2D eigenvalue weighted by atomic mass is 16.5. The van der Waals surface area contributed by atoms with Crippen LogP contribution in [0, 0.1) is 5.92 Å². The second-order valence-corrected chi connectivity index (χ2v) is 5.92. The zero-order valence-corrected chi connectivity index (χ0v) is 13.1. The largest absolute Gasteiger partial charge is 0.487 e. The zero-order chi connectivity index (χ0) is 16.2. The van der Waals surface area contributed by atoms with Gasteiger partial charge in [-0.3, -0.25) is 14.6 Å². The van der Waals surface area contributed by atoms with Crippen LogP contribution in [0.2, 0.25) is 0 Å².